The maximum absolute atomic E-state index is 11.8. The summed E-state index contributed by atoms with van der Waals surface area (Å²) >= 11 is 1.48. The summed E-state index contributed by atoms with van der Waals surface area (Å²) in [6.45, 7) is 2.13. The fourth-order valence-corrected chi connectivity index (χ4v) is 2.15. The minimum absolute atomic E-state index is 0.112. The van der Waals surface area contributed by atoms with Crippen LogP contribution in [0.25, 0.3) is 0 Å². The zero-order valence-electron chi connectivity index (χ0n) is 9.83. The minimum atomic E-state index is -0.183. The Morgan fingerprint density at radius 3 is 3.22 bits per heavy atom. The lowest BCUT2D eigenvalue weighted by Gasteiger charge is -2.10. The van der Waals surface area contributed by atoms with Gasteiger partial charge in [-0.15, -0.1) is 0 Å². The molecule has 0 aromatic carbocycles. The third-order valence-corrected chi connectivity index (χ3v) is 3.16. The molecule has 18 heavy (non-hydrogen) atoms. The zero-order chi connectivity index (χ0) is 13.0. The van der Waals surface area contributed by atoms with Crippen molar-refractivity contribution < 1.29 is 4.79 Å². The summed E-state index contributed by atoms with van der Waals surface area (Å²) in [5.74, 6) is -0.112. The fourth-order valence-electron chi connectivity index (χ4n) is 1.52. The van der Waals surface area contributed by atoms with E-state index in [4.69, 9.17) is 5.26 Å². The summed E-state index contributed by atoms with van der Waals surface area (Å²) in [6, 6.07) is 3.63. The summed E-state index contributed by atoms with van der Waals surface area (Å²) in [5, 5.41) is 15.1. The van der Waals surface area contributed by atoms with Crippen LogP contribution >= 0.6 is 11.3 Å². The van der Waals surface area contributed by atoms with Crippen LogP contribution < -0.4 is 5.32 Å². The highest BCUT2D eigenvalue weighted by Crippen LogP contribution is 2.12. The van der Waals surface area contributed by atoms with Crippen molar-refractivity contribution in [3.8, 4) is 6.07 Å². The maximum Gasteiger partial charge on any atom is 0.252 e. The average Bonchev–Trinajstić information content (AvgIpc) is 3.00. The second-order valence-corrected chi connectivity index (χ2v) is 4.62. The highest BCUT2D eigenvalue weighted by atomic mass is 32.1. The number of rotatable bonds is 4. The van der Waals surface area contributed by atoms with E-state index in [1.54, 1.807) is 28.5 Å². The second-order valence-electron chi connectivity index (χ2n) is 3.84. The Kier molecular flexibility index (Phi) is 3.75. The summed E-state index contributed by atoms with van der Waals surface area (Å²) < 4.78 is 1.68. The van der Waals surface area contributed by atoms with Gasteiger partial charge in [-0.3, -0.25) is 4.79 Å². The number of carbonyl (C=O) groups is 1. The minimum Gasteiger partial charge on any atom is -0.344 e. The van der Waals surface area contributed by atoms with E-state index < -0.39 is 0 Å². The molecule has 0 aliphatic heterocycles. The number of aromatic nitrogens is 2. The normalized spacial score (nSPS) is 11.8. The Labute approximate surface area is 109 Å². The van der Waals surface area contributed by atoms with E-state index in [9.17, 15) is 4.79 Å². The van der Waals surface area contributed by atoms with Crippen LogP contribution in [0, 0.1) is 11.3 Å². The van der Waals surface area contributed by atoms with E-state index in [1.165, 1.54) is 11.3 Å². The van der Waals surface area contributed by atoms with E-state index in [-0.39, 0.29) is 18.5 Å². The maximum atomic E-state index is 11.8. The molecule has 2 aromatic heterocycles. The van der Waals surface area contributed by atoms with Crippen LogP contribution in [0.2, 0.25) is 0 Å². The Bertz CT molecular complexity index is 567. The lowest BCUT2D eigenvalue weighted by atomic mass is 10.2. The molecule has 0 spiro atoms. The van der Waals surface area contributed by atoms with Crippen LogP contribution in [-0.2, 0) is 6.54 Å². The first-order valence-electron chi connectivity index (χ1n) is 5.42. The SMILES string of the molecule is CC(NC(=O)c1ccsc1)c1cn(CC#N)cn1. The Morgan fingerprint density at radius 2 is 2.56 bits per heavy atom. The summed E-state index contributed by atoms with van der Waals surface area (Å²) in [6.07, 6.45) is 3.35. The van der Waals surface area contributed by atoms with Crippen molar-refractivity contribution in [2.45, 2.75) is 19.5 Å². The van der Waals surface area contributed by atoms with E-state index in [2.05, 4.69) is 10.3 Å². The van der Waals surface area contributed by atoms with Gasteiger partial charge in [-0.05, 0) is 18.4 Å². The van der Waals surface area contributed by atoms with Crippen molar-refractivity contribution in [3.05, 3.63) is 40.6 Å². The van der Waals surface area contributed by atoms with Crippen molar-refractivity contribution in [2.75, 3.05) is 0 Å². The molecule has 1 N–H and O–H groups in total. The summed E-state index contributed by atoms with van der Waals surface area (Å²) in [5.41, 5.74) is 1.40. The van der Waals surface area contributed by atoms with Crippen molar-refractivity contribution in [1.82, 2.24) is 14.9 Å². The van der Waals surface area contributed by atoms with Crippen molar-refractivity contribution >= 4 is 17.2 Å². The van der Waals surface area contributed by atoms with Crippen LogP contribution in [0.4, 0.5) is 0 Å². The monoisotopic (exact) mass is 260 g/mol. The van der Waals surface area contributed by atoms with Gasteiger partial charge in [-0.25, -0.2) is 4.98 Å². The van der Waals surface area contributed by atoms with Crippen molar-refractivity contribution in [1.29, 1.82) is 5.26 Å². The molecule has 0 bridgehead atoms. The van der Waals surface area contributed by atoms with Crippen molar-refractivity contribution in [2.24, 2.45) is 0 Å². The lowest BCUT2D eigenvalue weighted by Crippen LogP contribution is -2.26. The molecule has 6 heteroatoms. The van der Waals surface area contributed by atoms with Gasteiger partial charge in [0.2, 0.25) is 0 Å². The fraction of sp³-hybridized carbons (Fsp3) is 0.250. The van der Waals surface area contributed by atoms with Gasteiger partial charge in [0.25, 0.3) is 5.91 Å². The summed E-state index contributed by atoms with van der Waals surface area (Å²) in [4.78, 5) is 16.0. The van der Waals surface area contributed by atoms with Crippen LogP contribution in [0.3, 0.4) is 0 Å². The Morgan fingerprint density at radius 1 is 1.72 bits per heavy atom. The van der Waals surface area contributed by atoms with Gasteiger partial charge >= 0.3 is 0 Å². The molecule has 5 nitrogen and oxygen atoms in total. The first-order valence-corrected chi connectivity index (χ1v) is 6.36. The Balaban J connectivity index is 2.01. The van der Waals surface area contributed by atoms with Gasteiger partial charge in [-0.2, -0.15) is 16.6 Å². The predicted octanol–water partition coefficient (Wildman–Crippen LogP) is 1.96. The largest absolute Gasteiger partial charge is 0.344 e. The topological polar surface area (TPSA) is 70.7 Å². The molecule has 0 fully saturated rings. The molecule has 2 aromatic rings. The molecule has 0 saturated heterocycles. The highest BCUT2D eigenvalue weighted by Gasteiger charge is 2.13. The molecule has 2 rings (SSSR count). The molecular weight excluding hydrogens is 248 g/mol. The standard InChI is InChI=1S/C12H12N4OS/c1-9(11-6-16(4-3-13)8-14-11)15-12(17)10-2-5-18-7-10/h2,5-9H,4H2,1H3,(H,15,17). The molecule has 0 aliphatic rings. The van der Waals surface area contributed by atoms with Gasteiger partial charge in [0.15, 0.2) is 0 Å². The number of nitrogens with zero attached hydrogens (tertiary/aromatic N) is 3. The van der Waals surface area contributed by atoms with Gasteiger partial charge in [-0.1, -0.05) is 0 Å². The number of hydrogen-bond acceptors (Lipinski definition) is 4. The predicted molar refractivity (Wildman–Crippen MR) is 68.0 cm³/mol. The smallest absolute Gasteiger partial charge is 0.252 e. The number of nitriles is 1. The van der Waals surface area contributed by atoms with Crippen LogP contribution in [-0.4, -0.2) is 15.5 Å². The molecule has 2 heterocycles. The Hall–Kier alpha value is -2.13. The number of amides is 1. The number of nitrogens with one attached hydrogen (secondary N) is 1. The van der Waals surface area contributed by atoms with E-state index >= 15 is 0 Å². The molecule has 1 unspecified atom stereocenters. The van der Waals surface area contributed by atoms with Gasteiger partial charge in [0.05, 0.1) is 29.7 Å². The van der Waals surface area contributed by atoms with Crippen LogP contribution in [0.15, 0.2) is 29.4 Å². The zero-order valence-corrected chi connectivity index (χ0v) is 10.6. The molecule has 0 saturated carbocycles. The number of imidazole rings is 1. The third-order valence-electron chi connectivity index (χ3n) is 2.48. The molecule has 0 radical (unpaired) electrons. The molecule has 1 atom stereocenters. The van der Waals surface area contributed by atoms with Gasteiger partial charge in [0, 0.05) is 11.6 Å². The van der Waals surface area contributed by atoms with Crippen LogP contribution in [0.1, 0.15) is 29.0 Å². The average molecular weight is 260 g/mol. The van der Waals surface area contributed by atoms with Gasteiger partial charge in [0.1, 0.15) is 6.54 Å². The molecular formula is C12H12N4OS. The highest BCUT2D eigenvalue weighted by molar-refractivity contribution is 7.08. The molecule has 1 amide bonds. The van der Waals surface area contributed by atoms with E-state index in [1.807, 2.05) is 18.4 Å². The third kappa shape index (κ3) is 2.76. The van der Waals surface area contributed by atoms with Crippen LogP contribution in [0.5, 0.6) is 0 Å². The number of carbonyl (C=O) groups excluding carboxylic acids is 1. The van der Waals surface area contributed by atoms with E-state index in [0.29, 0.717) is 5.56 Å². The molecule has 0 aliphatic carbocycles. The van der Waals surface area contributed by atoms with Gasteiger partial charge < -0.3 is 9.88 Å². The molecule has 92 valence electrons. The first-order chi connectivity index (χ1) is 8.70. The summed E-state index contributed by atoms with van der Waals surface area (Å²) in [7, 11) is 0. The quantitative estimate of drug-likeness (QED) is 0.913. The number of hydrogen-bond donors (Lipinski definition) is 1. The van der Waals surface area contributed by atoms with E-state index in [0.717, 1.165) is 5.69 Å². The number of thiophene rings is 1. The first kappa shape index (κ1) is 12.3. The lowest BCUT2D eigenvalue weighted by molar-refractivity contribution is 0.0939. The second kappa shape index (κ2) is 5.47. The van der Waals surface area contributed by atoms with Crippen molar-refractivity contribution in [3.63, 3.8) is 0 Å².